The fourth-order valence-electron chi connectivity index (χ4n) is 5.08. The van der Waals surface area contributed by atoms with Crippen molar-refractivity contribution in [1.82, 2.24) is 24.9 Å². The van der Waals surface area contributed by atoms with Crippen LogP contribution in [0.1, 0.15) is 29.4 Å². The highest BCUT2D eigenvalue weighted by Crippen LogP contribution is 2.42. The number of ether oxygens (including phenoxy) is 1. The number of rotatable bonds is 4. The van der Waals surface area contributed by atoms with Crippen molar-refractivity contribution >= 4 is 5.91 Å². The smallest absolute Gasteiger partial charge is 0.272 e. The van der Waals surface area contributed by atoms with Gasteiger partial charge in [-0.3, -0.25) is 9.78 Å². The Morgan fingerprint density at radius 1 is 1.19 bits per heavy atom. The fourth-order valence-corrected chi connectivity index (χ4v) is 5.08. The zero-order valence-electron chi connectivity index (χ0n) is 19.4. The van der Waals surface area contributed by atoms with Crippen molar-refractivity contribution < 1.29 is 38.0 Å². The van der Waals surface area contributed by atoms with Crippen LogP contribution in [0.5, 0.6) is 0 Å². The summed E-state index contributed by atoms with van der Waals surface area (Å²) in [5.41, 5.74) is -1.27. The van der Waals surface area contributed by atoms with Crippen LogP contribution in [0, 0.1) is 17.5 Å². The van der Waals surface area contributed by atoms with Crippen molar-refractivity contribution in [2.45, 2.75) is 42.8 Å². The van der Waals surface area contributed by atoms with Gasteiger partial charge in [-0.15, -0.1) is 5.10 Å². The largest absolute Gasteiger partial charge is 0.394 e. The van der Waals surface area contributed by atoms with Gasteiger partial charge in [-0.2, -0.15) is 0 Å². The number of hydrogen-bond donors (Lipinski definition) is 3. The van der Waals surface area contributed by atoms with Gasteiger partial charge in [-0.1, -0.05) is 11.3 Å². The Kier molecular flexibility index (Phi) is 6.70. The van der Waals surface area contributed by atoms with E-state index in [1.807, 2.05) is 0 Å². The van der Waals surface area contributed by atoms with Crippen LogP contribution in [0.15, 0.2) is 42.7 Å². The first-order valence-electron chi connectivity index (χ1n) is 11.7. The number of aliphatic hydroxyl groups excluding tert-OH is 3. The van der Waals surface area contributed by atoms with Crippen LogP contribution in [-0.2, 0) is 4.74 Å². The average Bonchev–Trinajstić information content (AvgIpc) is 3.39. The standard InChI is InChI=1S/C24H24F3N5O5/c25-14-8-13(9-15(26)19(14)27)17-10-32(30-29-17)20-21(34)18(11-33)37-24(22(20)35)5-3-7-31(12-24)23(36)16-4-1-2-6-28-16/h1-2,4,6,8-10,18,20-22,33-35H,3,5,7,11-12H2/t18-,20+,21+,22-,24-/m1/s1. The quantitative estimate of drug-likeness (QED) is 0.437. The third kappa shape index (κ3) is 4.48. The van der Waals surface area contributed by atoms with Crippen molar-refractivity contribution in [3.8, 4) is 11.3 Å². The van der Waals surface area contributed by atoms with Crippen LogP contribution in [0.25, 0.3) is 11.3 Å². The number of nitrogens with zero attached hydrogens (tertiary/aromatic N) is 5. The topological polar surface area (TPSA) is 134 Å². The zero-order valence-corrected chi connectivity index (χ0v) is 19.4. The van der Waals surface area contributed by atoms with Crippen LogP contribution >= 0.6 is 0 Å². The van der Waals surface area contributed by atoms with Gasteiger partial charge in [0.1, 0.15) is 41.3 Å². The number of aliphatic hydroxyl groups is 3. The van der Waals surface area contributed by atoms with Crippen molar-refractivity contribution in [3.05, 3.63) is 65.9 Å². The lowest BCUT2D eigenvalue weighted by Crippen LogP contribution is -2.68. The van der Waals surface area contributed by atoms with E-state index in [4.69, 9.17) is 4.74 Å². The first-order chi connectivity index (χ1) is 17.7. The van der Waals surface area contributed by atoms with Crippen molar-refractivity contribution in [1.29, 1.82) is 0 Å². The van der Waals surface area contributed by atoms with Gasteiger partial charge in [0.05, 0.1) is 19.3 Å². The Morgan fingerprint density at radius 2 is 1.95 bits per heavy atom. The van der Waals surface area contributed by atoms with Crippen molar-refractivity contribution in [2.24, 2.45) is 0 Å². The second-order valence-corrected chi connectivity index (χ2v) is 9.21. The summed E-state index contributed by atoms with van der Waals surface area (Å²) in [6.07, 6.45) is -0.468. The third-order valence-electron chi connectivity index (χ3n) is 6.91. The van der Waals surface area contributed by atoms with E-state index >= 15 is 0 Å². The van der Waals surface area contributed by atoms with Gasteiger partial charge in [0.25, 0.3) is 5.91 Å². The van der Waals surface area contributed by atoms with Crippen LogP contribution in [-0.4, -0.2) is 89.7 Å². The molecule has 0 saturated carbocycles. The first-order valence-corrected chi connectivity index (χ1v) is 11.7. The molecule has 3 N–H and O–H groups in total. The Bertz CT molecular complexity index is 1270. The van der Waals surface area contributed by atoms with Gasteiger partial charge >= 0.3 is 0 Å². The molecule has 0 unspecified atom stereocenters. The number of hydrogen-bond acceptors (Lipinski definition) is 8. The number of aromatic nitrogens is 4. The van der Waals surface area contributed by atoms with E-state index in [1.54, 1.807) is 18.2 Å². The summed E-state index contributed by atoms with van der Waals surface area (Å²) in [6, 6.07) is 5.26. The van der Waals surface area contributed by atoms with E-state index in [1.165, 1.54) is 17.3 Å². The molecule has 0 aliphatic carbocycles. The number of pyridine rings is 1. The molecule has 196 valence electrons. The minimum atomic E-state index is -1.62. The van der Waals surface area contributed by atoms with Crippen LogP contribution < -0.4 is 0 Å². The lowest BCUT2D eigenvalue weighted by Gasteiger charge is -2.53. The number of amides is 1. The minimum Gasteiger partial charge on any atom is -0.394 e. The molecule has 5 atom stereocenters. The lowest BCUT2D eigenvalue weighted by molar-refractivity contribution is -0.266. The van der Waals surface area contributed by atoms with Crippen molar-refractivity contribution in [2.75, 3.05) is 19.7 Å². The maximum Gasteiger partial charge on any atom is 0.272 e. The lowest BCUT2D eigenvalue weighted by atomic mass is 9.78. The molecule has 2 saturated heterocycles. The number of likely N-dealkylation sites (tertiary alicyclic amines) is 1. The SMILES string of the molecule is O=C(c1ccccn1)N1CCC[C@]2(C1)O[C@H](CO)[C@H](O)[C@H](n1cc(-c3cc(F)c(F)c(F)c3)nn1)[C@H]2O. The van der Waals surface area contributed by atoms with Gasteiger partial charge < -0.3 is 25.0 Å². The maximum absolute atomic E-state index is 13.7. The average molecular weight is 519 g/mol. The number of halogens is 3. The van der Waals surface area contributed by atoms with Crippen LogP contribution in [0.3, 0.4) is 0 Å². The highest BCUT2D eigenvalue weighted by Gasteiger charge is 2.56. The molecule has 2 fully saturated rings. The van der Waals surface area contributed by atoms with Gasteiger partial charge in [0, 0.05) is 18.3 Å². The molecule has 37 heavy (non-hydrogen) atoms. The zero-order chi connectivity index (χ0) is 26.3. The van der Waals surface area contributed by atoms with Gasteiger partial charge in [0.15, 0.2) is 17.5 Å². The minimum absolute atomic E-state index is 0.0334. The molecular weight excluding hydrogens is 495 g/mol. The first kappa shape index (κ1) is 25.3. The third-order valence-corrected chi connectivity index (χ3v) is 6.91. The van der Waals surface area contributed by atoms with E-state index in [0.717, 1.165) is 16.8 Å². The molecule has 2 aromatic heterocycles. The Morgan fingerprint density at radius 3 is 2.62 bits per heavy atom. The summed E-state index contributed by atoms with van der Waals surface area (Å²) < 4.78 is 48.0. The number of carbonyl (C=O) groups excluding carboxylic acids is 1. The molecule has 2 aliphatic rings. The van der Waals surface area contributed by atoms with Crippen LogP contribution in [0.2, 0.25) is 0 Å². The monoisotopic (exact) mass is 519 g/mol. The Balaban J connectivity index is 1.46. The molecule has 13 heteroatoms. The Hall–Kier alpha value is -3.39. The van der Waals surface area contributed by atoms with Gasteiger partial charge in [-0.05, 0) is 37.1 Å². The predicted molar refractivity (Wildman–Crippen MR) is 120 cm³/mol. The molecular formula is C24H24F3N5O5. The summed E-state index contributed by atoms with van der Waals surface area (Å²) in [5, 5.41) is 40.1. The molecule has 5 rings (SSSR count). The second-order valence-electron chi connectivity index (χ2n) is 9.21. The molecule has 1 spiro atoms. The predicted octanol–water partition coefficient (Wildman–Crippen LogP) is 1.09. The number of carbonyl (C=O) groups is 1. The molecule has 1 aromatic carbocycles. The molecule has 1 amide bonds. The van der Waals surface area contributed by atoms with Gasteiger partial charge in [0.2, 0.25) is 0 Å². The highest BCUT2D eigenvalue weighted by atomic mass is 19.2. The molecule has 4 heterocycles. The van der Waals surface area contributed by atoms with E-state index in [-0.39, 0.29) is 29.4 Å². The summed E-state index contributed by atoms with van der Waals surface area (Å²) in [5.74, 6) is -4.80. The van der Waals surface area contributed by atoms with Gasteiger partial charge in [-0.25, -0.2) is 17.9 Å². The summed E-state index contributed by atoms with van der Waals surface area (Å²) in [4.78, 5) is 18.6. The molecule has 0 radical (unpaired) electrons. The summed E-state index contributed by atoms with van der Waals surface area (Å²) in [7, 11) is 0. The number of piperidine rings is 1. The van der Waals surface area contributed by atoms with Crippen molar-refractivity contribution in [3.63, 3.8) is 0 Å². The highest BCUT2D eigenvalue weighted by molar-refractivity contribution is 5.92. The molecule has 0 bridgehead atoms. The van der Waals surface area contributed by atoms with E-state index in [2.05, 4.69) is 15.3 Å². The summed E-state index contributed by atoms with van der Waals surface area (Å²) in [6.45, 7) is -0.241. The molecule has 10 nitrogen and oxygen atoms in total. The molecule has 2 aliphatic heterocycles. The molecule has 3 aromatic rings. The fraction of sp³-hybridized carbons (Fsp3) is 0.417. The normalized spacial score (nSPS) is 28.0. The maximum atomic E-state index is 13.7. The summed E-state index contributed by atoms with van der Waals surface area (Å²) >= 11 is 0. The van der Waals surface area contributed by atoms with E-state index in [9.17, 15) is 33.3 Å². The van der Waals surface area contributed by atoms with E-state index in [0.29, 0.717) is 19.4 Å². The number of benzene rings is 1. The second kappa shape index (κ2) is 9.82. The van der Waals surface area contributed by atoms with Crippen LogP contribution in [0.4, 0.5) is 13.2 Å². The van der Waals surface area contributed by atoms with E-state index < -0.39 is 54.0 Å². The Labute approximate surface area is 208 Å².